The van der Waals surface area contributed by atoms with Crippen LogP contribution >= 0.6 is 0 Å². The summed E-state index contributed by atoms with van der Waals surface area (Å²) < 4.78 is 12.3. The fourth-order valence-corrected chi connectivity index (χ4v) is 14.5. The van der Waals surface area contributed by atoms with Crippen molar-refractivity contribution in [1.29, 1.82) is 0 Å². The van der Waals surface area contributed by atoms with E-state index < -0.39 is 55.7 Å². The number of nitrogens with two attached hydrogens (primary N) is 2. The van der Waals surface area contributed by atoms with E-state index in [0.717, 1.165) is 136 Å². The molecular formula is C86H105N21O9. The lowest BCUT2D eigenvalue weighted by Gasteiger charge is -2.34. The number of likely N-dealkylation sites (N-methyl/N-ethyl adjacent to an activating group) is 3. The first-order valence-electron chi connectivity index (χ1n) is 40.0. The number of carbonyl (C=O) groups excluding carboxylic acids is 7. The second-order valence-corrected chi connectivity index (χ2v) is 29.9. The van der Waals surface area contributed by atoms with E-state index in [-0.39, 0.29) is 90.1 Å². The summed E-state index contributed by atoms with van der Waals surface area (Å²) >= 11 is 0. The van der Waals surface area contributed by atoms with Crippen LogP contribution in [0.3, 0.4) is 0 Å². The average Bonchev–Trinajstić information content (AvgIpc) is 1.64. The van der Waals surface area contributed by atoms with Crippen molar-refractivity contribution in [2.45, 2.75) is 51.5 Å². The highest BCUT2D eigenvalue weighted by molar-refractivity contribution is 5.93. The predicted molar refractivity (Wildman–Crippen MR) is 450 cm³/mol. The number of aromatic amines is 4. The lowest BCUT2D eigenvalue weighted by molar-refractivity contribution is -0.147. The second-order valence-electron chi connectivity index (χ2n) is 29.9. The van der Waals surface area contributed by atoms with Crippen LogP contribution in [0.4, 0.5) is 11.4 Å². The number of imidazole rings is 4. The zero-order valence-corrected chi connectivity index (χ0v) is 66.6. The molecule has 0 unspecified atom stereocenters. The number of carbonyl (C=O) groups is 7. The number of H-pyrrole nitrogens is 4. The highest BCUT2D eigenvalue weighted by Crippen LogP contribution is 2.33. The zero-order valence-electron chi connectivity index (χ0n) is 66.6. The molecule has 2 saturated heterocycles. The van der Waals surface area contributed by atoms with Crippen LogP contribution in [0.5, 0.6) is 11.5 Å². The van der Waals surface area contributed by atoms with Crippen LogP contribution in [0.15, 0.2) is 152 Å². The van der Waals surface area contributed by atoms with Gasteiger partial charge in [-0.1, -0.05) is 54.6 Å². The summed E-state index contributed by atoms with van der Waals surface area (Å²) in [5.74, 6) is 0.625. The maximum absolute atomic E-state index is 14.6. The van der Waals surface area contributed by atoms with E-state index in [4.69, 9.17) is 40.9 Å². The molecule has 10 N–H and O–H groups in total. The largest absolute Gasteiger partial charge is 0.494 e. The summed E-state index contributed by atoms with van der Waals surface area (Å²) in [5, 5.41) is 5.99. The monoisotopic (exact) mass is 1580 g/mol. The van der Waals surface area contributed by atoms with E-state index in [1.165, 1.54) is 35.9 Å². The third-order valence-corrected chi connectivity index (χ3v) is 21.2. The van der Waals surface area contributed by atoms with E-state index in [9.17, 15) is 33.6 Å². The van der Waals surface area contributed by atoms with Crippen LogP contribution in [0.2, 0.25) is 0 Å². The first-order chi connectivity index (χ1) is 56.3. The molecule has 0 spiro atoms. The number of anilines is 2. The van der Waals surface area contributed by atoms with Crippen molar-refractivity contribution in [3.8, 4) is 57.1 Å². The van der Waals surface area contributed by atoms with Gasteiger partial charge in [0.25, 0.3) is 0 Å². The molecule has 2 fully saturated rings. The van der Waals surface area contributed by atoms with Gasteiger partial charge in [-0.05, 0) is 162 Å². The van der Waals surface area contributed by atoms with Crippen molar-refractivity contribution in [3.05, 3.63) is 157 Å². The lowest BCUT2D eigenvalue weighted by atomic mass is 10.2. The number of amides is 7. The Balaban J connectivity index is 0.552. The number of unbranched alkanes of at least 4 members (excludes halogenated alkanes) is 1. The van der Waals surface area contributed by atoms with Gasteiger partial charge in [0, 0.05) is 145 Å². The number of primary amides is 1. The van der Waals surface area contributed by atoms with Gasteiger partial charge in [-0.15, -0.1) is 0 Å². The second kappa shape index (κ2) is 39.2. The van der Waals surface area contributed by atoms with Crippen LogP contribution < -0.4 is 41.4 Å². The molecule has 11 aromatic rings. The molecule has 2 aliphatic rings. The average molecular weight is 1580 g/mol. The highest BCUT2D eigenvalue weighted by Gasteiger charge is 2.30. The molecule has 13 rings (SSSR count). The predicted octanol–water partition coefficient (Wildman–Crippen LogP) is 7.30. The third-order valence-electron chi connectivity index (χ3n) is 21.2. The summed E-state index contributed by atoms with van der Waals surface area (Å²) in [7, 11) is 7.66. The molecule has 4 aromatic heterocycles. The standard InChI is InChI=1S/C86H105N21O9/c1-89-32-8-9-34-105(82(114)58-107(53-59-15-6-5-7-16-59)79(111)55-101(4)78(110)22-13-46-116-67-20-11-18-61(48-67)84-92-69-28-24-63(50-73(69)96-84)86-94-71-30-26-65(52-75(71)98-86)103-43-39-100(3)40-44-103)56-81(113)106(36-31-87)57-80(112)104(54-76(88)108)35-14-33-90-77(109)21-12-45-115-66-19-10-17-60(47-66)83-91-68-27-23-62(49-72(68)95-83)85-93-70-29-25-64(51-74(70)97-85)102-41-37-99(2)38-42-102/h5-7,10-11,15-20,23-30,47-52,89H,8-9,12-14,21-22,31-46,53-58,87H2,1-4H3,(H2,88,108)(H,90,109)(H,91,95)(H,92,96)(H,93,97)(H,94,98). The summed E-state index contributed by atoms with van der Waals surface area (Å²) in [4.78, 5) is 146. The number of hydrogen-bond acceptors (Lipinski definition) is 19. The number of fused-ring (bicyclic) bond motifs is 4. The van der Waals surface area contributed by atoms with Crippen molar-refractivity contribution >= 4 is 96.9 Å². The van der Waals surface area contributed by atoms with Crippen molar-refractivity contribution in [2.75, 3.05) is 176 Å². The fraction of sp³-hybridized carbons (Fsp3) is 0.384. The smallest absolute Gasteiger partial charge is 0.242 e. The SMILES string of the molecule is CNCCCCN(CC(=O)N(CCN)CC(=O)N(CCCNC(=O)CCCOc1cccc(-c2nc3ccc(-c4nc5cc(N6CCN(C)CC6)ccc5[nH]4)cc3[nH]2)c1)CC(N)=O)C(=O)CN(Cc1ccccc1)C(=O)CN(C)C(=O)CCCOc1cccc(-c2nc3ccc(-c4nc5cc(N6CCN(C)CC6)ccc5[nH]4)cc3[nH]2)c1. The Kier molecular flexibility index (Phi) is 27.6. The minimum absolute atomic E-state index is 0.0209. The van der Waals surface area contributed by atoms with Gasteiger partial charge in [0.2, 0.25) is 41.4 Å². The number of rotatable bonds is 39. The Morgan fingerprint density at radius 1 is 0.440 bits per heavy atom. The van der Waals surface area contributed by atoms with Crippen LogP contribution in [-0.2, 0) is 40.1 Å². The van der Waals surface area contributed by atoms with E-state index >= 15 is 0 Å². The highest BCUT2D eigenvalue weighted by atomic mass is 16.5. The molecule has 0 saturated carbocycles. The van der Waals surface area contributed by atoms with Gasteiger partial charge < -0.3 is 95.6 Å². The number of ether oxygens (including phenoxy) is 2. The summed E-state index contributed by atoms with van der Waals surface area (Å²) in [5.41, 5.74) is 25.4. The Hall–Kier alpha value is -12.3. The number of piperazine rings is 2. The van der Waals surface area contributed by atoms with E-state index in [1.54, 1.807) is 7.05 Å². The van der Waals surface area contributed by atoms with Gasteiger partial charge in [0.05, 0.1) is 83.5 Å². The van der Waals surface area contributed by atoms with Gasteiger partial charge >= 0.3 is 0 Å². The molecule has 30 nitrogen and oxygen atoms in total. The van der Waals surface area contributed by atoms with E-state index in [0.29, 0.717) is 55.4 Å². The number of aromatic nitrogens is 8. The van der Waals surface area contributed by atoms with Crippen LogP contribution in [-0.4, -0.2) is 281 Å². The summed E-state index contributed by atoms with van der Waals surface area (Å²) in [6, 6.07) is 49.2. The first-order valence-corrected chi connectivity index (χ1v) is 40.0. The number of nitrogens with zero attached hydrogens (tertiary/aromatic N) is 13. The van der Waals surface area contributed by atoms with Gasteiger partial charge in [-0.25, -0.2) is 19.9 Å². The molecule has 116 heavy (non-hydrogen) atoms. The molecule has 2 aliphatic heterocycles. The fourth-order valence-electron chi connectivity index (χ4n) is 14.5. The number of hydrogen-bond donors (Lipinski definition) is 8. The van der Waals surface area contributed by atoms with Gasteiger partial charge in [-0.3, -0.25) is 33.6 Å². The van der Waals surface area contributed by atoms with E-state index in [2.05, 4.69) is 101 Å². The topological polar surface area (TPSA) is 358 Å². The van der Waals surface area contributed by atoms with Crippen molar-refractivity contribution < 1.29 is 43.0 Å². The molecule has 608 valence electrons. The third kappa shape index (κ3) is 21.8. The zero-order chi connectivity index (χ0) is 81.0. The van der Waals surface area contributed by atoms with Crippen LogP contribution in [0.1, 0.15) is 50.5 Å². The van der Waals surface area contributed by atoms with E-state index in [1.807, 2.05) is 122 Å². The summed E-state index contributed by atoms with van der Waals surface area (Å²) in [6.07, 6.45) is 2.45. The minimum Gasteiger partial charge on any atom is -0.494 e. The van der Waals surface area contributed by atoms with Crippen molar-refractivity contribution in [1.82, 2.24) is 84.8 Å². The van der Waals surface area contributed by atoms with Crippen molar-refractivity contribution in [3.63, 3.8) is 0 Å². The Morgan fingerprint density at radius 2 is 0.905 bits per heavy atom. The van der Waals surface area contributed by atoms with Crippen LogP contribution in [0, 0.1) is 0 Å². The molecule has 0 atom stereocenters. The molecular weight excluding hydrogens is 1470 g/mol. The lowest BCUT2D eigenvalue weighted by Crippen LogP contribution is -2.52. The number of benzene rings is 7. The Bertz CT molecular complexity index is 5220. The molecule has 0 radical (unpaired) electrons. The van der Waals surface area contributed by atoms with Crippen molar-refractivity contribution in [2.24, 2.45) is 11.5 Å². The van der Waals surface area contributed by atoms with Gasteiger partial charge in [0.15, 0.2) is 0 Å². The Labute approximate surface area is 674 Å². The quantitative estimate of drug-likeness (QED) is 0.0175. The normalized spacial score (nSPS) is 13.4. The van der Waals surface area contributed by atoms with Gasteiger partial charge in [0.1, 0.15) is 41.3 Å². The molecule has 0 bridgehead atoms. The first kappa shape index (κ1) is 81.8. The molecule has 7 aromatic carbocycles. The number of nitrogens with one attached hydrogen (secondary N) is 6. The Morgan fingerprint density at radius 3 is 1.42 bits per heavy atom. The van der Waals surface area contributed by atoms with Crippen LogP contribution in [0.25, 0.3) is 89.7 Å². The maximum Gasteiger partial charge on any atom is 0.242 e. The molecule has 7 amide bonds. The molecule has 30 heteroatoms. The van der Waals surface area contributed by atoms with Gasteiger partial charge in [-0.2, -0.15) is 0 Å². The summed E-state index contributed by atoms with van der Waals surface area (Å²) in [6.45, 7) is 7.36. The minimum atomic E-state index is -0.774. The molecule has 6 heterocycles. The molecule has 0 aliphatic carbocycles. The maximum atomic E-state index is 14.6.